The highest BCUT2D eigenvalue weighted by atomic mass is 32.2. The quantitative estimate of drug-likeness (QED) is 0.321. The third-order valence-electron chi connectivity index (χ3n) is 4.16. The van der Waals surface area contributed by atoms with Gasteiger partial charge in [0, 0.05) is 37.4 Å². The number of carbonyl (C=O) groups is 2. The zero-order valence-corrected chi connectivity index (χ0v) is 19.1. The first-order valence-corrected chi connectivity index (χ1v) is 12.5. The van der Waals surface area contributed by atoms with Crippen molar-refractivity contribution in [3.8, 4) is 19.5 Å². The van der Waals surface area contributed by atoms with Crippen LogP contribution < -0.4 is 0 Å². The summed E-state index contributed by atoms with van der Waals surface area (Å²) in [5.41, 5.74) is 0. The summed E-state index contributed by atoms with van der Waals surface area (Å²) in [6.07, 6.45) is 2.29. The van der Waals surface area contributed by atoms with E-state index in [4.69, 9.17) is 17.3 Å². The SMILES string of the molecule is O=C(O)CCCN1C(=O)/C(=C\c2ccc(-c3ccc(-c4cccs4)s3)s2)SC1=S. The van der Waals surface area contributed by atoms with Crippen molar-refractivity contribution in [1.29, 1.82) is 0 Å². The van der Waals surface area contributed by atoms with E-state index in [1.165, 1.54) is 36.2 Å². The molecule has 0 unspecified atom stereocenters. The van der Waals surface area contributed by atoms with Gasteiger partial charge in [-0.15, -0.1) is 34.0 Å². The van der Waals surface area contributed by atoms with Crippen molar-refractivity contribution in [3.63, 3.8) is 0 Å². The Morgan fingerprint density at radius 1 is 1.07 bits per heavy atom. The Morgan fingerprint density at radius 3 is 2.52 bits per heavy atom. The number of thioether (sulfide) groups is 1. The van der Waals surface area contributed by atoms with Crippen molar-refractivity contribution >= 4 is 80.3 Å². The Balaban J connectivity index is 1.47. The van der Waals surface area contributed by atoms with Gasteiger partial charge >= 0.3 is 5.97 Å². The second kappa shape index (κ2) is 8.93. The first-order chi connectivity index (χ1) is 14.0. The predicted molar refractivity (Wildman–Crippen MR) is 128 cm³/mol. The van der Waals surface area contributed by atoms with Crippen LogP contribution in [0.3, 0.4) is 0 Å². The lowest BCUT2D eigenvalue weighted by Crippen LogP contribution is -2.29. The first kappa shape index (κ1) is 20.5. The molecule has 0 aliphatic carbocycles. The van der Waals surface area contributed by atoms with Crippen molar-refractivity contribution in [2.75, 3.05) is 6.54 Å². The van der Waals surface area contributed by atoms with Crippen LogP contribution in [0.4, 0.5) is 0 Å². The third kappa shape index (κ3) is 4.70. The fraction of sp³-hybridized carbons (Fsp3) is 0.150. The van der Waals surface area contributed by atoms with Gasteiger partial charge in [-0.2, -0.15) is 0 Å². The van der Waals surface area contributed by atoms with Crippen LogP contribution in [0.1, 0.15) is 17.7 Å². The number of aliphatic carboxylic acids is 1. The molecule has 1 saturated heterocycles. The average molecular weight is 478 g/mol. The number of rotatable bonds is 7. The van der Waals surface area contributed by atoms with Gasteiger partial charge in [-0.1, -0.05) is 30.0 Å². The number of hydrogen-bond donors (Lipinski definition) is 1. The molecule has 0 saturated carbocycles. The van der Waals surface area contributed by atoms with Gasteiger partial charge in [-0.3, -0.25) is 14.5 Å². The summed E-state index contributed by atoms with van der Waals surface area (Å²) < 4.78 is 0.488. The Kier molecular flexibility index (Phi) is 6.31. The minimum Gasteiger partial charge on any atom is -0.481 e. The molecule has 1 N–H and O–H groups in total. The number of amides is 1. The number of carboxylic acids is 1. The van der Waals surface area contributed by atoms with Gasteiger partial charge in [-0.25, -0.2) is 0 Å². The largest absolute Gasteiger partial charge is 0.481 e. The molecule has 4 rings (SSSR count). The van der Waals surface area contributed by atoms with Crippen LogP contribution in [0.15, 0.2) is 46.7 Å². The van der Waals surface area contributed by atoms with Crippen LogP contribution in [-0.2, 0) is 9.59 Å². The fourth-order valence-electron chi connectivity index (χ4n) is 2.79. The predicted octanol–water partition coefficient (Wildman–Crippen LogP) is 6.27. The Hall–Kier alpha value is -1.78. The van der Waals surface area contributed by atoms with Crippen LogP contribution in [0.2, 0.25) is 0 Å². The summed E-state index contributed by atoms with van der Waals surface area (Å²) in [5, 5.41) is 10.8. The summed E-state index contributed by atoms with van der Waals surface area (Å²) in [7, 11) is 0. The maximum Gasteiger partial charge on any atom is 0.303 e. The minimum absolute atomic E-state index is 0.0265. The molecule has 1 aliphatic heterocycles. The molecule has 148 valence electrons. The molecule has 0 aromatic carbocycles. The lowest BCUT2D eigenvalue weighted by molar-refractivity contribution is -0.137. The van der Waals surface area contributed by atoms with Gasteiger partial charge in [0.1, 0.15) is 4.32 Å². The molecule has 3 aromatic rings. The molecule has 4 heterocycles. The zero-order chi connectivity index (χ0) is 20.4. The number of thiophene rings is 3. The second-order valence-electron chi connectivity index (χ2n) is 6.17. The standard InChI is InChI=1S/C20H15NO3S5/c22-18(23)4-1-9-21-19(24)17(29-20(21)25)11-12-5-6-15(27-12)16-8-7-14(28-16)13-3-2-10-26-13/h2-3,5-8,10-11H,1,4,9H2,(H,22,23)/b17-11+. The average Bonchev–Trinajstić information content (AvgIpc) is 3.46. The van der Waals surface area contributed by atoms with E-state index in [0.717, 1.165) is 4.88 Å². The van der Waals surface area contributed by atoms with Crippen LogP contribution in [0.25, 0.3) is 25.6 Å². The molecule has 0 radical (unpaired) electrons. The molecule has 9 heteroatoms. The summed E-state index contributed by atoms with van der Waals surface area (Å²) in [6.45, 7) is 0.338. The normalized spacial score (nSPS) is 15.6. The minimum atomic E-state index is -0.868. The molecule has 3 aromatic heterocycles. The summed E-state index contributed by atoms with van der Waals surface area (Å²) in [6, 6.07) is 12.6. The van der Waals surface area contributed by atoms with Gasteiger partial charge < -0.3 is 5.11 Å². The lowest BCUT2D eigenvalue weighted by atomic mass is 10.3. The van der Waals surface area contributed by atoms with E-state index < -0.39 is 5.97 Å². The molecule has 1 fully saturated rings. The number of carbonyl (C=O) groups excluding carboxylic acids is 1. The van der Waals surface area contributed by atoms with Gasteiger partial charge in [0.15, 0.2) is 0 Å². The second-order valence-corrected chi connectivity index (χ2v) is 11.0. The van der Waals surface area contributed by atoms with Crippen molar-refractivity contribution in [3.05, 3.63) is 51.6 Å². The molecule has 0 atom stereocenters. The van der Waals surface area contributed by atoms with E-state index in [1.807, 2.05) is 12.1 Å². The number of hydrogen-bond acceptors (Lipinski definition) is 7. The Labute approximate surface area is 189 Å². The molecular weight excluding hydrogens is 463 g/mol. The van der Waals surface area contributed by atoms with Crippen molar-refractivity contribution in [1.82, 2.24) is 4.90 Å². The summed E-state index contributed by atoms with van der Waals surface area (Å²) in [4.78, 5) is 31.3. The number of nitrogens with zero attached hydrogens (tertiary/aromatic N) is 1. The van der Waals surface area contributed by atoms with E-state index in [-0.39, 0.29) is 12.3 Å². The van der Waals surface area contributed by atoms with Crippen molar-refractivity contribution in [2.45, 2.75) is 12.8 Å². The van der Waals surface area contributed by atoms with Crippen molar-refractivity contribution < 1.29 is 14.7 Å². The van der Waals surface area contributed by atoms with Gasteiger partial charge in [0.2, 0.25) is 0 Å². The van der Waals surface area contributed by atoms with E-state index in [9.17, 15) is 9.59 Å². The van der Waals surface area contributed by atoms with Crippen LogP contribution in [0, 0.1) is 0 Å². The smallest absolute Gasteiger partial charge is 0.303 e. The molecule has 0 spiro atoms. The highest BCUT2D eigenvalue weighted by molar-refractivity contribution is 8.26. The van der Waals surface area contributed by atoms with Gasteiger partial charge in [-0.05, 0) is 48.2 Å². The first-order valence-electron chi connectivity index (χ1n) is 8.72. The van der Waals surface area contributed by atoms with Crippen LogP contribution in [0.5, 0.6) is 0 Å². The topological polar surface area (TPSA) is 57.6 Å². The molecule has 29 heavy (non-hydrogen) atoms. The molecule has 1 aliphatic rings. The Morgan fingerprint density at radius 2 is 1.79 bits per heavy atom. The monoisotopic (exact) mass is 477 g/mol. The maximum atomic E-state index is 12.6. The van der Waals surface area contributed by atoms with Gasteiger partial charge in [0.05, 0.1) is 4.91 Å². The highest BCUT2D eigenvalue weighted by Gasteiger charge is 2.31. The van der Waals surface area contributed by atoms with Gasteiger partial charge in [0.25, 0.3) is 5.91 Å². The zero-order valence-electron chi connectivity index (χ0n) is 15.0. The van der Waals surface area contributed by atoms with E-state index in [2.05, 4.69) is 35.7 Å². The Bertz CT molecular complexity index is 1090. The molecular formula is C20H15NO3S5. The lowest BCUT2D eigenvalue weighted by Gasteiger charge is -2.13. The number of thiocarbonyl (C=S) groups is 1. The van der Waals surface area contributed by atoms with E-state index in [1.54, 1.807) is 34.0 Å². The summed E-state index contributed by atoms with van der Waals surface area (Å²) >= 11 is 11.7. The highest BCUT2D eigenvalue weighted by Crippen LogP contribution is 2.40. The third-order valence-corrected chi connectivity index (χ3v) is 8.92. The van der Waals surface area contributed by atoms with E-state index >= 15 is 0 Å². The van der Waals surface area contributed by atoms with Crippen LogP contribution >= 0.6 is 58.0 Å². The van der Waals surface area contributed by atoms with Crippen LogP contribution in [-0.4, -0.2) is 32.7 Å². The maximum absolute atomic E-state index is 12.6. The van der Waals surface area contributed by atoms with E-state index in [0.29, 0.717) is 22.2 Å². The fourth-order valence-corrected chi connectivity index (χ4v) is 7.05. The summed E-state index contributed by atoms with van der Waals surface area (Å²) in [5.74, 6) is -1.01. The van der Waals surface area contributed by atoms with Crippen molar-refractivity contribution in [2.24, 2.45) is 0 Å². The molecule has 1 amide bonds. The number of carboxylic acid groups (broad SMARTS) is 1. The molecule has 4 nitrogen and oxygen atoms in total. The molecule has 0 bridgehead atoms.